The smallest absolute Gasteiger partial charge is 0.474 e. The van der Waals surface area contributed by atoms with Gasteiger partial charge in [-0.3, -0.25) is 13.6 Å². The number of carbonyl (C=O) groups is 2. The lowest BCUT2D eigenvalue weighted by Gasteiger charge is -2.41. The fraction of sp³-hybridized carbons (Fsp3) is 0.880. The molecule has 1 atom stereocenters. The van der Waals surface area contributed by atoms with Crippen LogP contribution in [0.1, 0.15) is 39.5 Å². The normalized spacial score (nSPS) is 15.5. The molecule has 0 radical (unpaired) electrons. The molecule has 0 bridgehead atoms. The third-order valence-corrected chi connectivity index (χ3v) is 44.9. The molecular weight excluding hydrogens is 1240 g/mol. The van der Waals surface area contributed by atoms with E-state index in [-0.39, 0.29) is 25.8 Å². The van der Waals surface area contributed by atoms with Gasteiger partial charge in [0.15, 0.2) is 40.9 Å². The van der Waals surface area contributed by atoms with Crippen LogP contribution in [-0.4, -0.2) is 215 Å². The molecule has 0 aromatic carbocycles. The zero-order chi connectivity index (χ0) is 64.1. The van der Waals surface area contributed by atoms with Gasteiger partial charge in [-0.25, -0.2) is 14.2 Å². The average Bonchev–Trinajstić information content (AvgIpc) is 3.72. The molecule has 0 aromatic heterocycles. The number of esters is 2. The second-order valence-corrected chi connectivity index (χ2v) is 61.5. The van der Waals surface area contributed by atoms with Crippen LogP contribution in [0.5, 0.6) is 0 Å². The highest BCUT2D eigenvalue weighted by atomic mass is 31.2. The summed E-state index contributed by atoms with van der Waals surface area (Å²) in [5, 5.41) is 8.82. The van der Waals surface area contributed by atoms with E-state index in [1.807, 2.05) is 14.1 Å². The van der Waals surface area contributed by atoms with Gasteiger partial charge in [0, 0.05) is 31.5 Å². The molecule has 22 nitrogen and oxygen atoms in total. The van der Waals surface area contributed by atoms with Gasteiger partial charge in [0.05, 0.1) is 47.1 Å². The summed E-state index contributed by atoms with van der Waals surface area (Å²) < 4.78 is 102. The Kier molecular flexibility index (Phi) is 39.5. The van der Waals surface area contributed by atoms with Gasteiger partial charge in [-0.05, 0) is 189 Å². The third kappa shape index (κ3) is 46.1. The van der Waals surface area contributed by atoms with E-state index >= 15 is 0 Å². The highest BCUT2D eigenvalue weighted by molar-refractivity contribution is 7.51. The molecule has 0 aromatic rings. The zero-order valence-corrected chi connectivity index (χ0v) is 65.0. The first-order chi connectivity index (χ1) is 37.1. The molecule has 32 heteroatoms. The molecule has 0 spiro atoms. The van der Waals surface area contributed by atoms with Gasteiger partial charge in [0.1, 0.15) is 32.7 Å². The van der Waals surface area contributed by atoms with E-state index in [1.165, 1.54) is 7.11 Å². The number of quaternary nitrogens is 1. The predicted molar refractivity (Wildman–Crippen MR) is 345 cm³/mol. The lowest BCUT2D eigenvalue weighted by molar-refractivity contribution is -0.890. The summed E-state index contributed by atoms with van der Waals surface area (Å²) >= 11 is 0. The van der Waals surface area contributed by atoms with Crippen molar-refractivity contribution < 1.29 is 94.9 Å². The summed E-state index contributed by atoms with van der Waals surface area (Å²) in [5.74, 6) is -0.770. The van der Waals surface area contributed by atoms with Crippen LogP contribution < -0.4 is 4.89 Å². The molecular formula is C50H116N2O20P2Si8. The van der Waals surface area contributed by atoms with Crippen molar-refractivity contribution in [2.75, 3.05) is 121 Å². The number of hydrogen-bond donors (Lipinski definition) is 1. The van der Waals surface area contributed by atoms with Gasteiger partial charge in [-0.2, -0.15) is 0 Å². The minimum absolute atomic E-state index is 0.0544. The molecule has 1 fully saturated rings. The quantitative estimate of drug-likeness (QED) is 0.0149. The predicted octanol–water partition coefficient (Wildman–Crippen LogP) is 10.5. The van der Waals surface area contributed by atoms with Gasteiger partial charge < -0.3 is 72.1 Å². The SMILES string of the molecule is C=C(C)C(=O)OCCOCCC[Si](C)(C)O[Si](C)(C)O[Si](C)(C)O[Si](C)(C)CCCN(C)C.C=C(C)C(=O)OCCOCCC[Si](C)(C)O[Si](C)(C)O[Si](C)(C)O[Si](C)(C)CCC[N+](C)(C)CCOP(=O)([O-])CO.COP1(=O)OCCO1. The highest BCUT2D eigenvalue weighted by Gasteiger charge is 2.45. The first-order valence-electron chi connectivity index (χ1n) is 28.5. The maximum atomic E-state index is 11.4. The van der Waals surface area contributed by atoms with Gasteiger partial charge in [0.25, 0.3) is 0 Å². The van der Waals surface area contributed by atoms with Gasteiger partial charge >= 0.3 is 54.0 Å². The number of rotatable bonds is 42. The standard InChI is InChI=1S/C25H58NO10PSi4.C22H51NO6Si4.C3H7O4P/c1-24(2)25(28)32-20-19-31-17-14-22-39(7,8)35-41(11,12)36-40(9,10)34-38(5,6)21-13-15-26(3,4)16-18-33-37(29,30)23-27;1-21(2)22(24)26-18-17-25-16-14-20-31(7,8)28-33(11,12)29-32(9,10)27-30(5,6)19-13-15-23(3)4;1-5-8(4)6-2-3-7-8/h27H,1,13-23H2,2-12H3;1,13-20H2,2-12H3;2-3H2,1H3. The lowest BCUT2D eigenvalue weighted by Crippen LogP contribution is -2.56. The zero-order valence-electron chi connectivity index (χ0n) is 55.3. The summed E-state index contributed by atoms with van der Waals surface area (Å²) in [4.78, 5) is 36.3. The van der Waals surface area contributed by atoms with Gasteiger partial charge in [-0.1, -0.05) is 13.2 Å². The molecule has 1 rings (SSSR count). The largest absolute Gasteiger partial charge is 0.777 e. The first-order valence-corrected chi connectivity index (χ1v) is 55.5. The van der Waals surface area contributed by atoms with E-state index in [1.54, 1.807) is 13.8 Å². The minimum atomic E-state index is -4.14. The Balaban J connectivity index is 0. The highest BCUT2D eigenvalue weighted by Crippen LogP contribution is 2.51. The van der Waals surface area contributed by atoms with E-state index in [2.05, 4.69) is 150 Å². The Hall–Kier alpha value is -0.0249. The van der Waals surface area contributed by atoms with E-state index in [0.717, 1.165) is 62.9 Å². The van der Waals surface area contributed by atoms with Crippen LogP contribution in [0.15, 0.2) is 24.3 Å². The molecule has 1 aliphatic rings. The topological polar surface area (TPSA) is 244 Å². The van der Waals surface area contributed by atoms with Crippen molar-refractivity contribution in [1.29, 1.82) is 0 Å². The molecule has 1 unspecified atom stereocenters. The minimum Gasteiger partial charge on any atom is -0.777 e. The van der Waals surface area contributed by atoms with Crippen molar-refractivity contribution in [2.24, 2.45) is 0 Å². The summed E-state index contributed by atoms with van der Waals surface area (Å²) in [6, 6.07) is 4.03. The molecule has 0 amide bonds. The number of aliphatic hydroxyl groups is 1. The number of nitrogens with zero attached hydrogens (tertiary/aromatic N) is 2. The summed E-state index contributed by atoms with van der Waals surface area (Å²) in [6.45, 7) is 51.0. The molecule has 1 saturated heterocycles. The van der Waals surface area contributed by atoms with Crippen LogP contribution in [0.3, 0.4) is 0 Å². The van der Waals surface area contributed by atoms with Crippen LogP contribution in [0, 0.1) is 0 Å². The van der Waals surface area contributed by atoms with Crippen molar-refractivity contribution in [3.8, 4) is 0 Å². The van der Waals surface area contributed by atoms with E-state index in [4.69, 9.17) is 53.3 Å². The van der Waals surface area contributed by atoms with Crippen molar-refractivity contribution in [1.82, 2.24) is 4.90 Å². The van der Waals surface area contributed by atoms with Gasteiger partial charge in [0.2, 0.25) is 0 Å². The van der Waals surface area contributed by atoms with E-state index in [9.17, 15) is 23.6 Å². The Morgan fingerprint density at radius 2 is 0.915 bits per heavy atom. The number of phosphoric ester groups is 1. The summed E-state index contributed by atoms with van der Waals surface area (Å²) in [6.07, 6.45) is 2.92. The van der Waals surface area contributed by atoms with Gasteiger partial charge in [-0.15, -0.1) is 0 Å². The lowest BCUT2D eigenvalue weighted by atomic mass is 10.4. The first kappa shape index (κ1) is 84.0. The summed E-state index contributed by atoms with van der Waals surface area (Å²) in [5.41, 5.74) is 0.784. The molecule has 0 saturated carbocycles. The van der Waals surface area contributed by atoms with Crippen molar-refractivity contribution >= 4 is 94.9 Å². The fourth-order valence-corrected chi connectivity index (χ4v) is 48.8. The molecule has 82 heavy (non-hydrogen) atoms. The monoisotopic (exact) mass is 1350 g/mol. The van der Waals surface area contributed by atoms with Crippen LogP contribution in [0.25, 0.3) is 0 Å². The Morgan fingerprint density at radius 1 is 0.573 bits per heavy atom. The second-order valence-electron chi connectivity index (χ2n) is 25.8. The Labute approximate surface area is 505 Å². The number of carbonyl (C=O) groups excluding carboxylic acids is 2. The van der Waals surface area contributed by atoms with E-state index < -0.39 is 95.2 Å². The van der Waals surface area contributed by atoms with Crippen molar-refractivity contribution in [3.63, 3.8) is 0 Å². The van der Waals surface area contributed by atoms with Crippen LogP contribution in [0.4, 0.5) is 0 Å². The number of likely N-dealkylation sites (N-methyl/N-ethyl adjacent to an activating group) is 1. The van der Waals surface area contributed by atoms with Crippen LogP contribution in [0.2, 0.25) is 129 Å². The summed E-state index contributed by atoms with van der Waals surface area (Å²) in [7, 11) is -14.8. The maximum absolute atomic E-state index is 11.4. The Morgan fingerprint density at radius 3 is 1.22 bits per heavy atom. The second kappa shape index (κ2) is 38.5. The molecule has 1 N–H and O–H groups in total. The molecule has 488 valence electrons. The van der Waals surface area contributed by atoms with Crippen LogP contribution in [-0.2, 0) is 80.5 Å². The number of phosphoric acid groups is 1. The fourth-order valence-electron chi connectivity index (χ4n) is 8.94. The average molecular weight is 1350 g/mol. The Bertz CT molecular complexity index is 1980. The maximum Gasteiger partial charge on any atom is 0.474 e. The number of hydrogen-bond acceptors (Lipinski definition) is 21. The number of ether oxygens (including phenoxy) is 4. The van der Waals surface area contributed by atoms with Crippen LogP contribution >= 0.6 is 15.4 Å². The number of aliphatic hydroxyl groups excluding tert-OH is 1. The van der Waals surface area contributed by atoms with Crippen molar-refractivity contribution in [3.05, 3.63) is 24.3 Å². The molecule has 1 aliphatic heterocycles. The molecule has 0 aliphatic carbocycles. The third-order valence-electron chi connectivity index (χ3n) is 11.7. The van der Waals surface area contributed by atoms with E-state index in [0.29, 0.717) is 61.8 Å². The van der Waals surface area contributed by atoms with Crippen molar-refractivity contribution in [2.45, 2.75) is 168 Å². The molecule has 1 heterocycles.